The summed E-state index contributed by atoms with van der Waals surface area (Å²) >= 11 is 3.85. The van der Waals surface area contributed by atoms with Crippen molar-refractivity contribution in [1.29, 1.82) is 0 Å². The van der Waals surface area contributed by atoms with E-state index in [9.17, 15) is 14.7 Å². The molecule has 0 saturated heterocycles. The average molecular weight is 538 g/mol. The highest BCUT2D eigenvalue weighted by molar-refractivity contribution is 14.1. The van der Waals surface area contributed by atoms with Crippen molar-refractivity contribution in [3.63, 3.8) is 0 Å². The smallest absolute Gasteiger partial charge is 0.338 e. The van der Waals surface area contributed by atoms with Gasteiger partial charge in [0.15, 0.2) is 12.4 Å². The van der Waals surface area contributed by atoms with Gasteiger partial charge in [0.1, 0.15) is 11.5 Å². The van der Waals surface area contributed by atoms with Crippen molar-refractivity contribution >= 4 is 56.9 Å². The van der Waals surface area contributed by atoms with Gasteiger partial charge in [-0.3, -0.25) is 4.79 Å². The summed E-state index contributed by atoms with van der Waals surface area (Å²) in [6, 6.07) is 9.58. The van der Waals surface area contributed by atoms with E-state index in [0.717, 1.165) is 0 Å². The second-order valence-corrected chi connectivity index (χ2v) is 6.84. The number of ether oxygens (including phenoxy) is 2. The molecule has 0 unspecified atom stereocenters. The third-order valence-electron chi connectivity index (χ3n) is 3.00. The number of carbonyl (C=O) groups excluding carboxylic acids is 2. The molecule has 0 aliphatic heterocycles. The molecule has 2 aromatic carbocycles. The molecule has 23 heavy (non-hydrogen) atoms. The van der Waals surface area contributed by atoms with E-state index < -0.39 is 5.97 Å². The van der Waals surface area contributed by atoms with Gasteiger partial charge < -0.3 is 14.6 Å². The highest BCUT2D eigenvalue weighted by atomic mass is 127. The largest absolute Gasteiger partial charge is 0.506 e. The van der Waals surface area contributed by atoms with Crippen LogP contribution in [0.4, 0.5) is 0 Å². The number of phenolic OH excluding ortho intramolecular Hbond substituents is 1. The number of ketones is 1. The summed E-state index contributed by atoms with van der Waals surface area (Å²) < 4.78 is 11.1. The summed E-state index contributed by atoms with van der Waals surface area (Å²) in [7, 11) is 1.54. The molecule has 0 bridgehead atoms. The molecule has 0 aliphatic rings. The van der Waals surface area contributed by atoms with Crippen LogP contribution in [0.25, 0.3) is 0 Å². The van der Waals surface area contributed by atoms with Crippen molar-refractivity contribution in [1.82, 2.24) is 0 Å². The number of esters is 1. The first kappa shape index (κ1) is 18.0. The molecule has 7 heteroatoms. The molecule has 2 aromatic rings. The number of benzene rings is 2. The molecule has 120 valence electrons. The Morgan fingerprint density at radius 1 is 1.04 bits per heavy atom. The number of carbonyl (C=O) groups is 2. The predicted molar refractivity (Wildman–Crippen MR) is 101 cm³/mol. The van der Waals surface area contributed by atoms with Crippen LogP contribution in [0.5, 0.6) is 11.5 Å². The minimum atomic E-state index is -0.609. The first-order valence-electron chi connectivity index (χ1n) is 6.44. The second kappa shape index (κ2) is 7.95. The van der Waals surface area contributed by atoms with Crippen LogP contribution in [0.2, 0.25) is 0 Å². The summed E-state index contributed by atoms with van der Waals surface area (Å²) in [4.78, 5) is 24.0. The number of hydrogen-bond donors (Lipinski definition) is 1. The second-order valence-electron chi connectivity index (χ2n) is 4.52. The van der Waals surface area contributed by atoms with Crippen LogP contribution in [0.15, 0.2) is 36.4 Å². The van der Waals surface area contributed by atoms with E-state index in [1.807, 2.05) is 45.2 Å². The Bertz CT molecular complexity index is 718. The van der Waals surface area contributed by atoms with E-state index in [0.29, 0.717) is 24.0 Å². The van der Waals surface area contributed by atoms with E-state index in [1.165, 1.54) is 12.1 Å². The molecule has 0 fully saturated rings. The van der Waals surface area contributed by atoms with Gasteiger partial charge in [-0.2, -0.15) is 0 Å². The first-order valence-corrected chi connectivity index (χ1v) is 8.60. The Balaban J connectivity index is 2.02. The van der Waals surface area contributed by atoms with Crippen molar-refractivity contribution in [2.45, 2.75) is 0 Å². The maximum atomic E-state index is 12.0. The van der Waals surface area contributed by atoms with Crippen LogP contribution < -0.4 is 4.74 Å². The number of aromatic hydroxyl groups is 1. The number of phenols is 1. The number of halogens is 2. The van der Waals surface area contributed by atoms with Gasteiger partial charge in [-0.15, -0.1) is 0 Å². The number of rotatable bonds is 5. The van der Waals surface area contributed by atoms with Gasteiger partial charge in [0.2, 0.25) is 0 Å². The molecular formula is C16H12I2O5. The molecule has 0 spiro atoms. The van der Waals surface area contributed by atoms with Crippen molar-refractivity contribution in [3.05, 3.63) is 54.7 Å². The third-order valence-corrected chi connectivity index (χ3v) is 4.64. The van der Waals surface area contributed by atoms with Crippen molar-refractivity contribution in [2.24, 2.45) is 0 Å². The van der Waals surface area contributed by atoms with Gasteiger partial charge in [0.05, 0.1) is 19.8 Å². The number of methoxy groups -OCH3 is 1. The molecule has 0 aliphatic carbocycles. The minimum absolute atomic E-state index is 0.122. The van der Waals surface area contributed by atoms with Gasteiger partial charge in [0, 0.05) is 5.56 Å². The molecule has 0 atom stereocenters. The monoisotopic (exact) mass is 538 g/mol. The standard InChI is InChI=1S/C16H12I2O5/c1-22-11-4-2-9(3-5-11)14(19)8-23-16(21)10-6-12(17)15(20)13(18)7-10/h2-7,20H,8H2,1H3. The van der Waals surface area contributed by atoms with E-state index in [1.54, 1.807) is 31.4 Å². The zero-order chi connectivity index (χ0) is 17.0. The zero-order valence-corrected chi connectivity index (χ0v) is 16.3. The van der Waals surface area contributed by atoms with Crippen LogP contribution in [0.1, 0.15) is 20.7 Å². The summed E-state index contributed by atoms with van der Waals surface area (Å²) in [6.45, 7) is -0.348. The summed E-state index contributed by atoms with van der Waals surface area (Å²) in [5.41, 5.74) is 0.729. The molecule has 0 radical (unpaired) electrons. The Hall–Kier alpha value is -1.36. The molecule has 0 amide bonds. The fraction of sp³-hybridized carbons (Fsp3) is 0.125. The molecule has 1 N–H and O–H groups in total. The lowest BCUT2D eigenvalue weighted by atomic mass is 10.1. The molecule has 0 aromatic heterocycles. The minimum Gasteiger partial charge on any atom is -0.506 e. The average Bonchev–Trinajstić information content (AvgIpc) is 2.56. The summed E-state index contributed by atoms with van der Waals surface area (Å²) in [6.07, 6.45) is 0. The number of Topliss-reactive ketones (excluding diaryl/α,β-unsaturated/α-hetero) is 1. The highest BCUT2D eigenvalue weighted by Crippen LogP contribution is 2.27. The van der Waals surface area contributed by atoms with Crippen LogP contribution >= 0.6 is 45.2 Å². The molecule has 2 rings (SSSR count). The quantitative estimate of drug-likeness (QED) is 0.358. The molecule has 0 saturated carbocycles. The van der Waals surface area contributed by atoms with E-state index in [2.05, 4.69) is 0 Å². The van der Waals surface area contributed by atoms with E-state index in [-0.39, 0.29) is 18.1 Å². The fourth-order valence-electron chi connectivity index (χ4n) is 1.76. The van der Waals surface area contributed by atoms with Gasteiger partial charge >= 0.3 is 5.97 Å². The van der Waals surface area contributed by atoms with Crippen molar-refractivity contribution in [3.8, 4) is 11.5 Å². The van der Waals surface area contributed by atoms with Gasteiger partial charge in [-0.25, -0.2) is 4.79 Å². The predicted octanol–water partition coefficient (Wildman–Crippen LogP) is 3.65. The molecule has 5 nitrogen and oxygen atoms in total. The molecule has 0 heterocycles. The van der Waals surface area contributed by atoms with Gasteiger partial charge in [-0.05, 0) is 81.6 Å². The summed E-state index contributed by atoms with van der Waals surface area (Å²) in [5.74, 6) is -0.143. The van der Waals surface area contributed by atoms with E-state index in [4.69, 9.17) is 9.47 Å². The van der Waals surface area contributed by atoms with Crippen LogP contribution in [-0.2, 0) is 4.74 Å². The Morgan fingerprint density at radius 3 is 2.13 bits per heavy atom. The number of hydrogen-bond acceptors (Lipinski definition) is 5. The van der Waals surface area contributed by atoms with Crippen molar-refractivity contribution in [2.75, 3.05) is 13.7 Å². The highest BCUT2D eigenvalue weighted by Gasteiger charge is 2.15. The Labute approximate surface area is 160 Å². The third kappa shape index (κ3) is 4.56. The SMILES string of the molecule is COc1ccc(C(=O)COC(=O)c2cc(I)c(O)c(I)c2)cc1. The Kier molecular flexibility index (Phi) is 6.22. The maximum Gasteiger partial charge on any atom is 0.338 e. The molecular weight excluding hydrogens is 526 g/mol. The topological polar surface area (TPSA) is 72.8 Å². The first-order chi connectivity index (χ1) is 10.9. The van der Waals surface area contributed by atoms with Gasteiger partial charge in [0.25, 0.3) is 0 Å². The van der Waals surface area contributed by atoms with E-state index >= 15 is 0 Å². The zero-order valence-electron chi connectivity index (χ0n) is 12.0. The fourth-order valence-corrected chi connectivity index (χ4v) is 3.53. The van der Waals surface area contributed by atoms with Crippen LogP contribution in [0, 0.1) is 7.14 Å². The lowest BCUT2D eigenvalue weighted by Gasteiger charge is -2.07. The summed E-state index contributed by atoms with van der Waals surface area (Å²) in [5, 5.41) is 9.69. The van der Waals surface area contributed by atoms with Crippen molar-refractivity contribution < 1.29 is 24.2 Å². The normalized spacial score (nSPS) is 10.2. The van der Waals surface area contributed by atoms with Crippen LogP contribution in [0.3, 0.4) is 0 Å². The maximum absolute atomic E-state index is 12.0. The lowest BCUT2D eigenvalue weighted by Crippen LogP contribution is -2.14. The van der Waals surface area contributed by atoms with Gasteiger partial charge in [-0.1, -0.05) is 0 Å². The lowest BCUT2D eigenvalue weighted by molar-refractivity contribution is 0.0474. The Morgan fingerprint density at radius 2 is 1.61 bits per heavy atom. The van der Waals surface area contributed by atoms with Crippen LogP contribution in [-0.4, -0.2) is 30.6 Å².